The number of carbonyl (C=O) groups excluding carboxylic acids is 2. The van der Waals surface area contributed by atoms with Crippen LogP contribution in [0.2, 0.25) is 0 Å². The second kappa shape index (κ2) is 10.4. The van der Waals surface area contributed by atoms with Crippen LogP contribution in [0, 0.1) is 0 Å². The number of para-hydroxylation sites is 1. The van der Waals surface area contributed by atoms with E-state index in [0.29, 0.717) is 48.1 Å². The van der Waals surface area contributed by atoms with Gasteiger partial charge in [-0.05, 0) is 30.5 Å². The van der Waals surface area contributed by atoms with Crippen LogP contribution in [0.4, 0.5) is 5.82 Å². The summed E-state index contributed by atoms with van der Waals surface area (Å²) in [6.45, 7) is 1.66. The standard InChI is InChI=1S/C25H29N5O4/c1-27-24-21(23(26)31)22(29-30(24)18-11-13-34-14-12-18)17-9-7-16(8-10-17)15-28-25(32)19-5-3-4-6-20(19)33-2/h3-10,18,27H,11-15H2,1-2H3,(H2,26,31)(H,28,32). The first kappa shape index (κ1) is 23.3. The lowest BCUT2D eigenvalue weighted by atomic mass is 10.0. The van der Waals surface area contributed by atoms with Gasteiger partial charge in [0.2, 0.25) is 0 Å². The lowest BCUT2D eigenvalue weighted by Gasteiger charge is -2.24. The van der Waals surface area contributed by atoms with Crippen molar-refractivity contribution >= 4 is 17.6 Å². The van der Waals surface area contributed by atoms with Gasteiger partial charge in [-0.15, -0.1) is 0 Å². The fourth-order valence-corrected chi connectivity index (χ4v) is 4.19. The van der Waals surface area contributed by atoms with Gasteiger partial charge < -0.3 is 25.8 Å². The Labute approximate surface area is 198 Å². The van der Waals surface area contributed by atoms with E-state index in [0.717, 1.165) is 24.0 Å². The van der Waals surface area contributed by atoms with Gasteiger partial charge in [-0.3, -0.25) is 9.59 Å². The number of nitrogens with one attached hydrogen (secondary N) is 2. The second-order valence-corrected chi connectivity index (χ2v) is 8.05. The molecule has 1 fully saturated rings. The number of hydrogen-bond donors (Lipinski definition) is 3. The summed E-state index contributed by atoms with van der Waals surface area (Å²) in [5, 5.41) is 10.8. The van der Waals surface area contributed by atoms with Crippen LogP contribution in [-0.4, -0.2) is 49.0 Å². The summed E-state index contributed by atoms with van der Waals surface area (Å²) in [6, 6.07) is 14.8. The van der Waals surface area contributed by atoms with Crippen LogP contribution in [-0.2, 0) is 11.3 Å². The molecule has 1 aliphatic rings. The van der Waals surface area contributed by atoms with Crippen molar-refractivity contribution in [1.29, 1.82) is 0 Å². The molecule has 1 saturated heterocycles. The fourth-order valence-electron chi connectivity index (χ4n) is 4.19. The molecule has 1 aliphatic heterocycles. The number of methoxy groups -OCH3 is 1. The van der Waals surface area contributed by atoms with Gasteiger partial charge in [-0.1, -0.05) is 36.4 Å². The predicted octanol–water partition coefficient (Wildman–Crippen LogP) is 2.98. The molecule has 9 nitrogen and oxygen atoms in total. The van der Waals surface area contributed by atoms with Gasteiger partial charge in [0.05, 0.1) is 18.7 Å². The van der Waals surface area contributed by atoms with Gasteiger partial charge in [-0.25, -0.2) is 4.68 Å². The summed E-state index contributed by atoms with van der Waals surface area (Å²) in [5.74, 6) is 0.384. The number of nitrogens with zero attached hydrogens (tertiary/aromatic N) is 2. The molecule has 2 amide bonds. The van der Waals surface area contributed by atoms with E-state index in [2.05, 4.69) is 10.6 Å². The molecule has 2 aromatic carbocycles. The van der Waals surface area contributed by atoms with E-state index in [4.69, 9.17) is 20.3 Å². The average molecular weight is 464 g/mol. The lowest BCUT2D eigenvalue weighted by molar-refractivity contribution is 0.0669. The molecule has 0 unspecified atom stereocenters. The summed E-state index contributed by atoms with van der Waals surface area (Å²) in [7, 11) is 3.30. The van der Waals surface area contributed by atoms with Crippen LogP contribution in [0.3, 0.4) is 0 Å². The van der Waals surface area contributed by atoms with Crippen LogP contribution >= 0.6 is 0 Å². The molecule has 0 atom stereocenters. The lowest BCUT2D eigenvalue weighted by Crippen LogP contribution is -2.23. The normalized spacial score (nSPS) is 13.9. The van der Waals surface area contributed by atoms with Crippen molar-refractivity contribution in [2.75, 3.05) is 32.7 Å². The number of aromatic nitrogens is 2. The van der Waals surface area contributed by atoms with Crippen molar-refractivity contribution in [2.45, 2.75) is 25.4 Å². The van der Waals surface area contributed by atoms with Crippen molar-refractivity contribution in [2.24, 2.45) is 5.73 Å². The van der Waals surface area contributed by atoms with E-state index in [1.165, 1.54) is 7.11 Å². The minimum atomic E-state index is -0.536. The minimum Gasteiger partial charge on any atom is -0.496 e. The molecule has 178 valence electrons. The summed E-state index contributed by atoms with van der Waals surface area (Å²) < 4.78 is 12.6. The molecule has 4 rings (SSSR count). The zero-order chi connectivity index (χ0) is 24.1. The van der Waals surface area contributed by atoms with Crippen molar-refractivity contribution in [3.63, 3.8) is 0 Å². The SMILES string of the molecule is CNc1c(C(N)=O)c(-c2ccc(CNC(=O)c3ccccc3OC)cc2)nn1C1CCOCC1. The quantitative estimate of drug-likeness (QED) is 0.472. The van der Waals surface area contributed by atoms with E-state index in [1.54, 1.807) is 25.2 Å². The van der Waals surface area contributed by atoms with E-state index < -0.39 is 5.91 Å². The Bertz CT molecular complexity index is 1170. The highest BCUT2D eigenvalue weighted by Gasteiger charge is 2.27. The first-order valence-corrected chi connectivity index (χ1v) is 11.2. The molecule has 9 heteroatoms. The highest BCUT2D eigenvalue weighted by Crippen LogP contribution is 2.33. The van der Waals surface area contributed by atoms with Crippen LogP contribution in [0.1, 0.15) is 45.2 Å². The van der Waals surface area contributed by atoms with Crippen molar-refractivity contribution in [3.05, 3.63) is 65.2 Å². The maximum absolute atomic E-state index is 12.6. The molecule has 4 N–H and O–H groups in total. The first-order chi connectivity index (χ1) is 16.5. The zero-order valence-corrected chi connectivity index (χ0v) is 19.3. The largest absolute Gasteiger partial charge is 0.496 e. The first-order valence-electron chi connectivity index (χ1n) is 11.2. The smallest absolute Gasteiger partial charge is 0.255 e. The highest BCUT2D eigenvalue weighted by molar-refractivity contribution is 6.03. The maximum atomic E-state index is 12.6. The van der Waals surface area contributed by atoms with E-state index >= 15 is 0 Å². The van der Waals surface area contributed by atoms with Crippen LogP contribution < -0.4 is 21.1 Å². The molecule has 3 aromatic rings. The van der Waals surface area contributed by atoms with Gasteiger partial charge in [0, 0.05) is 32.4 Å². The monoisotopic (exact) mass is 463 g/mol. The Balaban J connectivity index is 1.55. The molecule has 0 saturated carbocycles. The number of hydrogen-bond acceptors (Lipinski definition) is 6. The molecular formula is C25H29N5O4. The maximum Gasteiger partial charge on any atom is 0.255 e. The Hall–Kier alpha value is -3.85. The molecule has 34 heavy (non-hydrogen) atoms. The van der Waals surface area contributed by atoms with Gasteiger partial charge in [0.1, 0.15) is 22.8 Å². The summed E-state index contributed by atoms with van der Waals surface area (Å²) in [6.07, 6.45) is 1.64. The topological polar surface area (TPSA) is 121 Å². The number of primary amides is 1. The third-order valence-corrected chi connectivity index (χ3v) is 5.96. The Morgan fingerprint density at radius 1 is 1.15 bits per heavy atom. The fraction of sp³-hybridized carbons (Fsp3) is 0.320. The van der Waals surface area contributed by atoms with Crippen molar-refractivity contribution < 1.29 is 19.1 Å². The van der Waals surface area contributed by atoms with Crippen molar-refractivity contribution in [1.82, 2.24) is 15.1 Å². The highest BCUT2D eigenvalue weighted by atomic mass is 16.5. The summed E-state index contributed by atoms with van der Waals surface area (Å²) in [4.78, 5) is 24.9. The third kappa shape index (κ3) is 4.74. The van der Waals surface area contributed by atoms with Gasteiger partial charge in [-0.2, -0.15) is 5.10 Å². The van der Waals surface area contributed by atoms with E-state index in [9.17, 15) is 9.59 Å². The van der Waals surface area contributed by atoms with Gasteiger partial charge >= 0.3 is 0 Å². The molecule has 1 aromatic heterocycles. The predicted molar refractivity (Wildman–Crippen MR) is 129 cm³/mol. The molecule has 0 bridgehead atoms. The van der Waals surface area contributed by atoms with Crippen LogP contribution in [0.15, 0.2) is 48.5 Å². The van der Waals surface area contributed by atoms with Crippen LogP contribution in [0.5, 0.6) is 5.75 Å². The zero-order valence-electron chi connectivity index (χ0n) is 19.3. The number of nitrogens with two attached hydrogens (primary N) is 1. The Morgan fingerprint density at radius 3 is 2.50 bits per heavy atom. The number of anilines is 1. The minimum absolute atomic E-state index is 0.132. The molecule has 2 heterocycles. The number of amides is 2. The second-order valence-electron chi connectivity index (χ2n) is 8.05. The van der Waals surface area contributed by atoms with E-state index in [-0.39, 0.29) is 11.9 Å². The van der Waals surface area contributed by atoms with Crippen molar-refractivity contribution in [3.8, 4) is 17.0 Å². The molecule has 0 spiro atoms. The van der Waals surface area contributed by atoms with Crippen LogP contribution in [0.25, 0.3) is 11.3 Å². The van der Waals surface area contributed by atoms with Gasteiger partial charge in [0.15, 0.2) is 0 Å². The van der Waals surface area contributed by atoms with Gasteiger partial charge in [0.25, 0.3) is 11.8 Å². The number of ether oxygens (including phenoxy) is 2. The Kier molecular flexibility index (Phi) is 7.12. The number of benzene rings is 2. The molecule has 0 aliphatic carbocycles. The molecule has 0 radical (unpaired) electrons. The Morgan fingerprint density at radius 2 is 1.85 bits per heavy atom. The third-order valence-electron chi connectivity index (χ3n) is 5.96. The average Bonchev–Trinajstić information content (AvgIpc) is 3.28. The molecular weight excluding hydrogens is 434 g/mol. The number of rotatable bonds is 8. The summed E-state index contributed by atoms with van der Waals surface area (Å²) in [5.41, 5.74) is 8.81. The summed E-state index contributed by atoms with van der Waals surface area (Å²) >= 11 is 0. The number of carbonyl (C=O) groups is 2. The van der Waals surface area contributed by atoms with E-state index in [1.807, 2.05) is 35.0 Å².